The monoisotopic (exact) mass is 460 g/mol. The Labute approximate surface area is 187 Å². The molecule has 0 atom stereocenters. The van der Waals surface area contributed by atoms with Crippen LogP contribution in [0.4, 0.5) is 5.82 Å². The second-order valence-electron chi connectivity index (χ2n) is 6.60. The van der Waals surface area contributed by atoms with Gasteiger partial charge in [-0.25, -0.2) is 14.6 Å². The fourth-order valence-corrected chi connectivity index (χ4v) is 4.16. The van der Waals surface area contributed by atoms with Crippen molar-refractivity contribution in [1.29, 1.82) is 0 Å². The zero-order valence-electron chi connectivity index (χ0n) is 16.0. The molecule has 0 aromatic carbocycles. The van der Waals surface area contributed by atoms with Crippen LogP contribution >= 0.6 is 34.5 Å². The number of rotatable bonds is 7. The number of hydrogen-bond acceptors (Lipinski definition) is 6. The van der Waals surface area contributed by atoms with Crippen molar-refractivity contribution in [2.45, 2.75) is 13.5 Å². The summed E-state index contributed by atoms with van der Waals surface area (Å²) in [6, 6.07) is 7.45. The maximum atomic E-state index is 12.8. The molecule has 0 saturated heterocycles. The fourth-order valence-electron chi connectivity index (χ4n) is 3.02. The van der Waals surface area contributed by atoms with Crippen molar-refractivity contribution in [3.63, 3.8) is 0 Å². The first-order valence-electron chi connectivity index (χ1n) is 9.20. The van der Waals surface area contributed by atoms with Crippen molar-refractivity contribution < 1.29 is 4.79 Å². The number of fused-ring (bicyclic) bond motifs is 1. The molecule has 4 aromatic heterocycles. The molecular formula is C20H18Cl2N6OS. The molecule has 4 heterocycles. The van der Waals surface area contributed by atoms with Gasteiger partial charge in [0.15, 0.2) is 5.65 Å². The lowest BCUT2D eigenvalue weighted by atomic mass is 10.1. The zero-order valence-corrected chi connectivity index (χ0v) is 18.4. The molecular weight excluding hydrogens is 443 g/mol. The third-order valence-corrected chi connectivity index (χ3v) is 5.73. The SMILES string of the molecule is Cc1cc(C(=O)NCCNc2ncc(Cl)cc2Cl)c2cnn(Cc3cccs3)c2n1. The average molecular weight is 461 g/mol. The molecule has 0 unspecified atom stereocenters. The summed E-state index contributed by atoms with van der Waals surface area (Å²) in [4.78, 5) is 22.7. The molecule has 2 N–H and O–H groups in total. The Kier molecular flexibility index (Phi) is 6.17. The van der Waals surface area contributed by atoms with Crippen LogP contribution < -0.4 is 10.6 Å². The van der Waals surface area contributed by atoms with Gasteiger partial charge in [-0.15, -0.1) is 11.3 Å². The van der Waals surface area contributed by atoms with Crippen molar-refractivity contribution in [2.75, 3.05) is 18.4 Å². The van der Waals surface area contributed by atoms with E-state index < -0.39 is 0 Å². The van der Waals surface area contributed by atoms with E-state index in [-0.39, 0.29) is 5.91 Å². The van der Waals surface area contributed by atoms with E-state index in [0.29, 0.717) is 46.7 Å². The second kappa shape index (κ2) is 8.99. The highest BCUT2D eigenvalue weighted by Crippen LogP contribution is 2.22. The molecule has 0 spiro atoms. The number of pyridine rings is 2. The quantitative estimate of drug-likeness (QED) is 0.399. The van der Waals surface area contributed by atoms with Crippen LogP contribution in [0.2, 0.25) is 10.0 Å². The predicted octanol–water partition coefficient (Wildman–Crippen LogP) is 4.39. The molecule has 4 rings (SSSR count). The van der Waals surface area contributed by atoms with Crippen LogP contribution in [0.3, 0.4) is 0 Å². The summed E-state index contributed by atoms with van der Waals surface area (Å²) in [6.45, 7) is 3.35. The van der Waals surface area contributed by atoms with Crippen LogP contribution in [0.15, 0.2) is 42.0 Å². The van der Waals surface area contributed by atoms with Crippen LogP contribution in [0, 0.1) is 6.92 Å². The number of halogens is 2. The van der Waals surface area contributed by atoms with Gasteiger partial charge in [0.1, 0.15) is 5.82 Å². The third-order valence-electron chi connectivity index (χ3n) is 4.38. The van der Waals surface area contributed by atoms with E-state index in [4.69, 9.17) is 23.2 Å². The number of nitrogens with zero attached hydrogens (tertiary/aromatic N) is 4. The minimum atomic E-state index is -0.182. The molecule has 0 fully saturated rings. The largest absolute Gasteiger partial charge is 0.367 e. The van der Waals surface area contributed by atoms with Gasteiger partial charge in [0, 0.05) is 29.9 Å². The number of amides is 1. The number of thiophene rings is 1. The van der Waals surface area contributed by atoms with Crippen LogP contribution in [0.25, 0.3) is 11.0 Å². The Hall–Kier alpha value is -2.68. The standard InChI is InChI=1S/C20H18Cl2N6OS/c1-12-7-15(16-10-26-28(19(16)27-12)11-14-3-2-6-30-14)20(29)24-5-4-23-18-17(22)8-13(21)9-25-18/h2-3,6-10H,4-5,11H2,1H3,(H,23,25)(H,24,29). The summed E-state index contributed by atoms with van der Waals surface area (Å²) in [5.41, 5.74) is 2.01. The van der Waals surface area contributed by atoms with E-state index in [1.54, 1.807) is 29.7 Å². The number of anilines is 1. The second-order valence-corrected chi connectivity index (χ2v) is 8.47. The Morgan fingerprint density at radius 1 is 1.23 bits per heavy atom. The van der Waals surface area contributed by atoms with E-state index in [1.807, 2.05) is 23.1 Å². The van der Waals surface area contributed by atoms with E-state index in [0.717, 1.165) is 11.1 Å². The minimum absolute atomic E-state index is 0.182. The molecule has 0 aliphatic heterocycles. The van der Waals surface area contributed by atoms with Gasteiger partial charge in [0.25, 0.3) is 5.91 Å². The number of aryl methyl sites for hydroxylation is 1. The average Bonchev–Trinajstić information content (AvgIpc) is 3.36. The number of carbonyl (C=O) groups is 1. The molecule has 0 aliphatic rings. The molecule has 0 radical (unpaired) electrons. The van der Waals surface area contributed by atoms with Crippen molar-refractivity contribution in [3.8, 4) is 0 Å². The molecule has 10 heteroatoms. The fraction of sp³-hybridized carbons (Fsp3) is 0.200. The van der Waals surface area contributed by atoms with Gasteiger partial charge in [0.2, 0.25) is 0 Å². The molecule has 30 heavy (non-hydrogen) atoms. The Balaban J connectivity index is 1.44. The van der Waals surface area contributed by atoms with Crippen LogP contribution in [0.5, 0.6) is 0 Å². The number of carbonyl (C=O) groups excluding carboxylic acids is 1. The molecule has 4 aromatic rings. The highest BCUT2D eigenvalue weighted by atomic mass is 35.5. The molecule has 154 valence electrons. The normalized spacial score (nSPS) is 11.0. The van der Waals surface area contributed by atoms with E-state index in [9.17, 15) is 4.79 Å². The summed E-state index contributed by atoms with van der Waals surface area (Å²) in [7, 11) is 0. The number of hydrogen-bond donors (Lipinski definition) is 2. The van der Waals surface area contributed by atoms with Gasteiger partial charge in [-0.2, -0.15) is 5.10 Å². The lowest BCUT2D eigenvalue weighted by Gasteiger charge is -2.10. The first kappa shape index (κ1) is 20.6. The molecule has 0 bridgehead atoms. The van der Waals surface area contributed by atoms with Crippen molar-refractivity contribution >= 4 is 57.3 Å². The maximum absolute atomic E-state index is 12.8. The van der Waals surface area contributed by atoms with Crippen LogP contribution in [-0.4, -0.2) is 38.7 Å². The molecule has 7 nitrogen and oxygen atoms in total. The molecule has 0 saturated carbocycles. The van der Waals surface area contributed by atoms with Crippen molar-refractivity contribution in [3.05, 3.63) is 68.2 Å². The Morgan fingerprint density at radius 3 is 2.87 bits per heavy atom. The zero-order chi connectivity index (χ0) is 21.1. The van der Waals surface area contributed by atoms with Crippen LogP contribution in [0.1, 0.15) is 20.9 Å². The minimum Gasteiger partial charge on any atom is -0.367 e. The van der Waals surface area contributed by atoms with Gasteiger partial charge in [-0.3, -0.25) is 4.79 Å². The topological polar surface area (TPSA) is 84.7 Å². The highest BCUT2D eigenvalue weighted by molar-refractivity contribution is 7.09. The Bertz CT molecular complexity index is 1190. The first-order chi connectivity index (χ1) is 14.5. The highest BCUT2D eigenvalue weighted by Gasteiger charge is 2.16. The smallest absolute Gasteiger partial charge is 0.252 e. The summed E-state index contributed by atoms with van der Waals surface area (Å²) < 4.78 is 1.82. The predicted molar refractivity (Wildman–Crippen MR) is 121 cm³/mol. The van der Waals surface area contributed by atoms with E-state index in [1.165, 1.54) is 11.1 Å². The van der Waals surface area contributed by atoms with Crippen molar-refractivity contribution in [2.24, 2.45) is 0 Å². The van der Waals surface area contributed by atoms with Gasteiger partial charge in [0.05, 0.1) is 33.7 Å². The van der Waals surface area contributed by atoms with Crippen LogP contribution in [-0.2, 0) is 6.54 Å². The van der Waals surface area contributed by atoms with Gasteiger partial charge < -0.3 is 10.6 Å². The summed E-state index contributed by atoms with van der Waals surface area (Å²) in [5, 5.41) is 14.1. The van der Waals surface area contributed by atoms with Crippen molar-refractivity contribution in [1.82, 2.24) is 25.1 Å². The van der Waals surface area contributed by atoms with E-state index >= 15 is 0 Å². The Morgan fingerprint density at radius 2 is 2.10 bits per heavy atom. The lowest BCUT2D eigenvalue weighted by molar-refractivity contribution is 0.0956. The number of nitrogens with one attached hydrogen (secondary N) is 2. The number of aromatic nitrogens is 4. The van der Waals surface area contributed by atoms with Gasteiger partial charge in [-0.1, -0.05) is 29.3 Å². The molecule has 1 amide bonds. The summed E-state index contributed by atoms with van der Waals surface area (Å²) >= 11 is 13.6. The summed E-state index contributed by atoms with van der Waals surface area (Å²) in [5.74, 6) is 0.338. The van der Waals surface area contributed by atoms with Gasteiger partial charge >= 0.3 is 0 Å². The lowest BCUT2D eigenvalue weighted by Crippen LogP contribution is -2.29. The maximum Gasteiger partial charge on any atom is 0.252 e. The summed E-state index contributed by atoms with van der Waals surface area (Å²) in [6.07, 6.45) is 3.21. The molecule has 0 aliphatic carbocycles. The third kappa shape index (κ3) is 4.56. The van der Waals surface area contributed by atoms with Gasteiger partial charge in [-0.05, 0) is 30.5 Å². The first-order valence-corrected chi connectivity index (χ1v) is 10.8. The van der Waals surface area contributed by atoms with E-state index in [2.05, 4.69) is 31.8 Å².